The number of hydrogen-bond donors (Lipinski definition) is 2. The molecular formula is C22H18Cl4N6S. The first kappa shape index (κ1) is 23.9. The van der Waals surface area contributed by atoms with Gasteiger partial charge in [-0.15, -0.1) is 0 Å². The van der Waals surface area contributed by atoms with Crippen molar-refractivity contribution in [3.8, 4) is 0 Å². The Labute approximate surface area is 216 Å². The Morgan fingerprint density at radius 3 is 2.18 bits per heavy atom. The molecule has 0 aliphatic carbocycles. The molecule has 0 amide bonds. The van der Waals surface area contributed by atoms with Gasteiger partial charge in [-0.3, -0.25) is 9.36 Å². The number of nitrogens with zero attached hydrogens (tertiary/aromatic N) is 4. The number of nitrogens with one attached hydrogen (secondary N) is 2. The molecule has 0 saturated carbocycles. The predicted molar refractivity (Wildman–Crippen MR) is 140 cm³/mol. The van der Waals surface area contributed by atoms with Crippen LogP contribution in [0.4, 0.5) is 11.5 Å². The van der Waals surface area contributed by atoms with Crippen molar-refractivity contribution in [3.05, 3.63) is 91.8 Å². The molecule has 2 aromatic carbocycles. The van der Waals surface area contributed by atoms with Crippen molar-refractivity contribution < 1.29 is 0 Å². The average molecular weight is 540 g/mol. The summed E-state index contributed by atoms with van der Waals surface area (Å²) in [5.41, 5.74) is 3.53. The van der Waals surface area contributed by atoms with Crippen LogP contribution < -0.4 is 10.6 Å². The summed E-state index contributed by atoms with van der Waals surface area (Å²) in [5, 5.41) is 17.9. The highest BCUT2D eigenvalue weighted by atomic mass is 35.5. The summed E-state index contributed by atoms with van der Waals surface area (Å²) in [6.07, 6.45) is 3.52. The first-order valence-electron chi connectivity index (χ1n) is 9.79. The average Bonchev–Trinajstić information content (AvgIpc) is 3.32. The summed E-state index contributed by atoms with van der Waals surface area (Å²) in [5.74, 6) is 0.621. The zero-order chi connectivity index (χ0) is 23.5. The molecule has 4 aromatic rings. The molecular weight excluding hydrogens is 522 g/mol. The van der Waals surface area contributed by atoms with Gasteiger partial charge in [-0.25, -0.2) is 0 Å². The molecule has 11 heteroatoms. The maximum absolute atomic E-state index is 6.29. The van der Waals surface area contributed by atoms with E-state index in [0.717, 1.165) is 22.5 Å². The van der Waals surface area contributed by atoms with Crippen molar-refractivity contribution in [1.82, 2.24) is 19.6 Å². The van der Waals surface area contributed by atoms with Crippen molar-refractivity contribution in [2.45, 2.75) is 20.0 Å². The van der Waals surface area contributed by atoms with Gasteiger partial charge in [-0.05, 0) is 54.5 Å². The van der Waals surface area contributed by atoms with Gasteiger partial charge in [0.2, 0.25) is 0 Å². The van der Waals surface area contributed by atoms with Crippen LogP contribution in [0.25, 0.3) is 0 Å². The van der Waals surface area contributed by atoms with Crippen LogP contribution in [0.15, 0.2) is 54.9 Å². The summed E-state index contributed by atoms with van der Waals surface area (Å²) in [6, 6.07) is 12.7. The Balaban J connectivity index is 1.37. The third kappa shape index (κ3) is 6.19. The first-order chi connectivity index (χ1) is 15.8. The van der Waals surface area contributed by atoms with E-state index in [9.17, 15) is 0 Å². The number of rotatable bonds is 6. The number of hydrogen-bond acceptors (Lipinski definition) is 3. The summed E-state index contributed by atoms with van der Waals surface area (Å²) < 4.78 is 3.60. The van der Waals surface area contributed by atoms with Crippen molar-refractivity contribution in [1.29, 1.82) is 0 Å². The molecule has 0 aliphatic heterocycles. The smallest absolute Gasteiger partial charge is 0.176 e. The van der Waals surface area contributed by atoms with Crippen molar-refractivity contribution in [2.75, 3.05) is 10.6 Å². The highest BCUT2D eigenvalue weighted by molar-refractivity contribution is 7.80. The molecule has 6 nitrogen and oxygen atoms in total. The van der Waals surface area contributed by atoms with Crippen LogP contribution in [-0.4, -0.2) is 24.7 Å². The maximum atomic E-state index is 6.29. The van der Waals surface area contributed by atoms with E-state index in [1.807, 2.05) is 36.0 Å². The van der Waals surface area contributed by atoms with E-state index in [1.54, 1.807) is 35.1 Å². The molecule has 2 N–H and O–H groups in total. The molecule has 4 rings (SSSR count). The molecule has 0 atom stereocenters. The monoisotopic (exact) mass is 538 g/mol. The quantitative estimate of drug-likeness (QED) is 0.261. The van der Waals surface area contributed by atoms with Gasteiger partial charge in [0.15, 0.2) is 10.9 Å². The fourth-order valence-electron chi connectivity index (χ4n) is 3.16. The standard InChI is InChI=1S/C22H18Cl4N6S/c1-13-6-21(30-32(13)11-15-3-5-17(24)8-20(15)26)29-22(33)28-18-9-27-31(12-18)10-14-2-4-16(23)7-19(14)25/h2-9,12H,10-11H2,1H3,(H2,28,29,30,33). The lowest BCUT2D eigenvalue weighted by Gasteiger charge is -2.08. The summed E-state index contributed by atoms with van der Waals surface area (Å²) >= 11 is 29.9. The Morgan fingerprint density at radius 1 is 0.909 bits per heavy atom. The van der Waals surface area contributed by atoms with Crippen molar-refractivity contribution in [3.63, 3.8) is 0 Å². The SMILES string of the molecule is Cc1cc(NC(=S)Nc2cnn(Cc3ccc(Cl)cc3Cl)c2)nn1Cc1ccc(Cl)cc1Cl. The zero-order valence-corrected chi connectivity index (χ0v) is 21.2. The number of aryl methyl sites for hydroxylation is 1. The Kier molecular flexibility index (Phi) is 7.46. The van der Waals surface area contributed by atoms with Crippen LogP contribution in [0.1, 0.15) is 16.8 Å². The number of benzene rings is 2. The van der Waals surface area contributed by atoms with Crippen LogP contribution in [0.2, 0.25) is 20.1 Å². The largest absolute Gasteiger partial charge is 0.330 e. The van der Waals surface area contributed by atoms with E-state index in [0.29, 0.717) is 44.1 Å². The lowest BCUT2D eigenvalue weighted by atomic mass is 10.2. The fourth-order valence-corrected chi connectivity index (χ4v) is 4.32. The van der Waals surface area contributed by atoms with Crippen LogP contribution >= 0.6 is 58.6 Å². The fraction of sp³-hybridized carbons (Fsp3) is 0.136. The van der Waals surface area contributed by atoms with Crippen molar-refractivity contribution >= 4 is 75.2 Å². The molecule has 2 heterocycles. The highest BCUT2D eigenvalue weighted by Crippen LogP contribution is 2.23. The van der Waals surface area contributed by atoms with Crippen LogP contribution in [0, 0.1) is 6.92 Å². The molecule has 0 unspecified atom stereocenters. The minimum atomic E-state index is 0.397. The van der Waals surface area contributed by atoms with Gasteiger partial charge in [-0.1, -0.05) is 58.5 Å². The maximum Gasteiger partial charge on any atom is 0.176 e. The minimum absolute atomic E-state index is 0.397. The molecule has 0 fully saturated rings. The first-order valence-corrected chi connectivity index (χ1v) is 11.7. The molecule has 0 bridgehead atoms. The molecule has 0 spiro atoms. The van der Waals surface area contributed by atoms with E-state index in [2.05, 4.69) is 20.8 Å². The predicted octanol–water partition coefficient (Wildman–Crippen LogP) is 6.91. The summed E-state index contributed by atoms with van der Waals surface area (Å²) in [7, 11) is 0. The van der Waals surface area contributed by atoms with Crippen molar-refractivity contribution in [2.24, 2.45) is 0 Å². The number of anilines is 2. The Bertz CT molecular complexity index is 1320. The van der Waals surface area contributed by atoms with Gasteiger partial charge < -0.3 is 10.6 Å². The summed E-state index contributed by atoms with van der Waals surface area (Å²) in [4.78, 5) is 0. The molecule has 0 radical (unpaired) electrons. The molecule has 170 valence electrons. The minimum Gasteiger partial charge on any atom is -0.330 e. The van der Waals surface area contributed by atoms with E-state index >= 15 is 0 Å². The van der Waals surface area contributed by atoms with E-state index in [4.69, 9.17) is 58.6 Å². The van der Waals surface area contributed by atoms with Gasteiger partial charge in [0, 0.05) is 38.0 Å². The Morgan fingerprint density at radius 2 is 1.55 bits per heavy atom. The second-order valence-electron chi connectivity index (χ2n) is 7.31. The lowest BCUT2D eigenvalue weighted by molar-refractivity contribution is 0.668. The second-order valence-corrected chi connectivity index (χ2v) is 9.40. The molecule has 0 saturated heterocycles. The third-order valence-corrected chi connectivity index (χ3v) is 6.17. The molecule has 33 heavy (non-hydrogen) atoms. The highest BCUT2D eigenvalue weighted by Gasteiger charge is 2.10. The van der Waals surface area contributed by atoms with Gasteiger partial charge in [-0.2, -0.15) is 10.2 Å². The molecule has 0 aliphatic rings. The van der Waals surface area contributed by atoms with Crippen LogP contribution in [0.3, 0.4) is 0 Å². The summed E-state index contributed by atoms with van der Waals surface area (Å²) in [6.45, 7) is 2.99. The topological polar surface area (TPSA) is 59.7 Å². The van der Waals surface area contributed by atoms with Crippen LogP contribution in [-0.2, 0) is 13.1 Å². The van der Waals surface area contributed by atoms with Gasteiger partial charge in [0.25, 0.3) is 0 Å². The lowest BCUT2D eigenvalue weighted by Crippen LogP contribution is -2.19. The number of aromatic nitrogens is 4. The molecule has 2 aromatic heterocycles. The second kappa shape index (κ2) is 10.3. The third-order valence-electron chi connectivity index (χ3n) is 4.80. The Hall–Kier alpha value is -2.29. The number of thiocarbonyl (C=S) groups is 1. The van der Waals surface area contributed by atoms with E-state index < -0.39 is 0 Å². The van der Waals surface area contributed by atoms with Gasteiger partial charge in [0.05, 0.1) is 25.0 Å². The van der Waals surface area contributed by atoms with E-state index in [1.165, 1.54) is 0 Å². The van der Waals surface area contributed by atoms with Gasteiger partial charge in [0.1, 0.15) is 0 Å². The number of halogens is 4. The van der Waals surface area contributed by atoms with E-state index in [-0.39, 0.29) is 0 Å². The van der Waals surface area contributed by atoms with Gasteiger partial charge >= 0.3 is 0 Å². The normalized spacial score (nSPS) is 10.9. The van der Waals surface area contributed by atoms with Crippen LogP contribution in [0.5, 0.6) is 0 Å². The zero-order valence-electron chi connectivity index (χ0n) is 17.3.